The summed E-state index contributed by atoms with van der Waals surface area (Å²) in [5.74, 6) is 1.20. The van der Waals surface area contributed by atoms with E-state index in [9.17, 15) is 0 Å². The molecule has 0 radical (unpaired) electrons. The molecule has 0 saturated carbocycles. The molecule has 0 aromatic carbocycles. The lowest BCUT2D eigenvalue weighted by molar-refractivity contribution is 0.125. The maximum absolute atomic E-state index is 6.02. The van der Waals surface area contributed by atoms with Gasteiger partial charge >= 0.3 is 0 Å². The Morgan fingerprint density at radius 1 is 1.06 bits per heavy atom. The molecular weight excluding hydrogens is 208 g/mol. The van der Waals surface area contributed by atoms with Crippen molar-refractivity contribution in [1.29, 1.82) is 0 Å². The van der Waals surface area contributed by atoms with E-state index in [2.05, 4.69) is 31.2 Å². The molecule has 2 heterocycles. The Labute approximate surface area is 105 Å². The van der Waals surface area contributed by atoms with E-state index in [1.54, 1.807) is 0 Å². The fraction of sp³-hybridized carbons (Fsp3) is 0.625. The van der Waals surface area contributed by atoms with Gasteiger partial charge in [-0.3, -0.25) is 0 Å². The van der Waals surface area contributed by atoms with Crippen molar-refractivity contribution in [2.45, 2.75) is 64.4 Å². The molecule has 0 saturated heterocycles. The molecule has 0 N–H and O–H groups in total. The highest BCUT2D eigenvalue weighted by Gasteiger charge is 2.13. The molecule has 2 rings (SSSR count). The minimum atomic E-state index is 0.333. The molecule has 1 atom stereocenters. The number of fused-ring (bicyclic) bond motifs is 2. The van der Waals surface area contributed by atoms with Gasteiger partial charge in [0.1, 0.15) is 6.10 Å². The highest BCUT2D eigenvalue weighted by atomic mass is 16.5. The van der Waals surface area contributed by atoms with E-state index < -0.39 is 0 Å². The lowest BCUT2D eigenvalue weighted by Gasteiger charge is -2.23. The molecule has 17 heavy (non-hydrogen) atoms. The highest BCUT2D eigenvalue weighted by Crippen LogP contribution is 2.23. The third kappa shape index (κ3) is 4.41. The third-order valence-corrected chi connectivity index (χ3v) is 3.51. The van der Waals surface area contributed by atoms with Gasteiger partial charge in [0.15, 0.2) is 0 Å². The molecule has 2 aliphatic rings. The fourth-order valence-corrected chi connectivity index (χ4v) is 2.52. The van der Waals surface area contributed by atoms with Crippen molar-refractivity contribution in [2.75, 3.05) is 0 Å². The van der Waals surface area contributed by atoms with Crippen LogP contribution in [0.25, 0.3) is 0 Å². The highest BCUT2D eigenvalue weighted by molar-refractivity contribution is 5.08. The van der Waals surface area contributed by atoms with Crippen LogP contribution < -0.4 is 0 Å². The molecule has 2 bridgehead atoms. The molecule has 94 valence electrons. The van der Waals surface area contributed by atoms with Crippen molar-refractivity contribution in [3.05, 3.63) is 35.6 Å². The summed E-state index contributed by atoms with van der Waals surface area (Å²) in [6, 6.07) is 0. The van der Waals surface area contributed by atoms with Gasteiger partial charge in [-0.25, -0.2) is 0 Å². The second kappa shape index (κ2) is 6.68. The predicted molar refractivity (Wildman–Crippen MR) is 72.8 cm³/mol. The lowest BCUT2D eigenvalue weighted by Crippen LogP contribution is -2.14. The molecule has 2 aliphatic heterocycles. The number of hydrogen-bond donors (Lipinski definition) is 0. The van der Waals surface area contributed by atoms with Crippen molar-refractivity contribution in [3.8, 4) is 0 Å². The Kier molecular flexibility index (Phi) is 4.90. The minimum absolute atomic E-state index is 0.333. The zero-order valence-electron chi connectivity index (χ0n) is 11.0. The number of allylic oxidation sites excluding steroid dienone is 5. The van der Waals surface area contributed by atoms with Crippen molar-refractivity contribution >= 4 is 0 Å². The first-order valence-corrected chi connectivity index (χ1v) is 7.02. The van der Waals surface area contributed by atoms with E-state index in [4.69, 9.17) is 4.74 Å². The van der Waals surface area contributed by atoms with E-state index in [1.807, 2.05) is 0 Å². The van der Waals surface area contributed by atoms with E-state index >= 15 is 0 Å². The smallest absolute Gasteiger partial charge is 0.117 e. The first kappa shape index (κ1) is 12.5. The van der Waals surface area contributed by atoms with Crippen LogP contribution in [0.2, 0.25) is 0 Å². The van der Waals surface area contributed by atoms with E-state index in [0.29, 0.717) is 6.10 Å². The van der Waals surface area contributed by atoms with Gasteiger partial charge in [0.05, 0.1) is 5.76 Å². The summed E-state index contributed by atoms with van der Waals surface area (Å²) in [6.45, 7) is 2.25. The van der Waals surface area contributed by atoms with Crippen molar-refractivity contribution < 1.29 is 4.74 Å². The van der Waals surface area contributed by atoms with Crippen LogP contribution in [-0.2, 0) is 4.74 Å². The van der Waals surface area contributed by atoms with Crippen LogP contribution in [-0.4, -0.2) is 6.10 Å². The number of hydrogen-bond acceptors (Lipinski definition) is 1. The van der Waals surface area contributed by atoms with Crippen molar-refractivity contribution in [1.82, 2.24) is 0 Å². The Hall–Kier alpha value is -0.980. The molecule has 1 nitrogen and oxygen atoms in total. The maximum Gasteiger partial charge on any atom is 0.117 e. The lowest BCUT2D eigenvalue weighted by atomic mass is 10.0. The Balaban J connectivity index is 2.02. The van der Waals surface area contributed by atoms with Gasteiger partial charge in [-0.1, -0.05) is 17.7 Å². The second-order valence-corrected chi connectivity index (χ2v) is 5.17. The summed E-state index contributed by atoms with van der Waals surface area (Å²) in [4.78, 5) is 0. The predicted octanol–water partition coefficient (Wildman–Crippen LogP) is 4.91. The molecule has 1 heteroatoms. The van der Waals surface area contributed by atoms with Crippen LogP contribution >= 0.6 is 0 Å². The summed E-state index contributed by atoms with van der Waals surface area (Å²) in [7, 11) is 0. The molecule has 1 unspecified atom stereocenters. The monoisotopic (exact) mass is 232 g/mol. The van der Waals surface area contributed by atoms with Gasteiger partial charge in [-0.15, -0.1) is 0 Å². The average Bonchev–Trinajstić information content (AvgIpc) is 2.33. The zero-order valence-corrected chi connectivity index (χ0v) is 11.0. The van der Waals surface area contributed by atoms with Crippen molar-refractivity contribution in [3.63, 3.8) is 0 Å². The summed E-state index contributed by atoms with van der Waals surface area (Å²) < 4.78 is 6.02. The SMILES string of the molecule is CC1=CC2CCC=C(CCC=CCCCC1)O2. The van der Waals surface area contributed by atoms with E-state index in [1.165, 1.54) is 43.4 Å². The second-order valence-electron chi connectivity index (χ2n) is 5.17. The van der Waals surface area contributed by atoms with Crippen LogP contribution in [0.4, 0.5) is 0 Å². The van der Waals surface area contributed by atoms with Gasteiger partial charge in [0, 0.05) is 6.42 Å². The van der Waals surface area contributed by atoms with Crippen LogP contribution in [0.1, 0.15) is 58.3 Å². The Bertz CT molecular complexity index is 322. The molecule has 0 aromatic rings. The number of ether oxygens (including phenoxy) is 1. The first-order chi connectivity index (χ1) is 8.34. The van der Waals surface area contributed by atoms with Gasteiger partial charge in [-0.2, -0.15) is 0 Å². The topological polar surface area (TPSA) is 9.23 Å². The Morgan fingerprint density at radius 2 is 1.94 bits per heavy atom. The average molecular weight is 232 g/mol. The molecule has 0 aromatic heterocycles. The first-order valence-electron chi connectivity index (χ1n) is 7.02. The van der Waals surface area contributed by atoms with Gasteiger partial charge < -0.3 is 4.74 Å². The maximum atomic E-state index is 6.02. The van der Waals surface area contributed by atoms with E-state index in [0.717, 1.165) is 19.3 Å². The molecule has 0 amide bonds. The minimum Gasteiger partial charge on any atom is -0.491 e. The normalized spacial score (nSPS) is 26.8. The zero-order chi connectivity index (χ0) is 11.9. The summed E-state index contributed by atoms with van der Waals surface area (Å²) in [5.41, 5.74) is 1.50. The quantitative estimate of drug-likeness (QED) is 0.539. The van der Waals surface area contributed by atoms with Gasteiger partial charge in [-0.05, 0) is 64.0 Å². The van der Waals surface area contributed by atoms with Gasteiger partial charge in [0.25, 0.3) is 0 Å². The molecular formula is C16H24O. The fourth-order valence-electron chi connectivity index (χ4n) is 2.52. The number of rotatable bonds is 0. The van der Waals surface area contributed by atoms with Crippen LogP contribution in [0, 0.1) is 0 Å². The largest absolute Gasteiger partial charge is 0.491 e. The summed E-state index contributed by atoms with van der Waals surface area (Å²) >= 11 is 0. The van der Waals surface area contributed by atoms with Gasteiger partial charge in [0.2, 0.25) is 0 Å². The van der Waals surface area contributed by atoms with Crippen molar-refractivity contribution in [2.24, 2.45) is 0 Å². The van der Waals surface area contributed by atoms with Crippen LogP contribution in [0.15, 0.2) is 35.6 Å². The molecule has 0 spiro atoms. The third-order valence-electron chi connectivity index (χ3n) is 3.51. The van der Waals surface area contributed by atoms with Crippen LogP contribution in [0.5, 0.6) is 0 Å². The standard InChI is InChI=1S/C16H24O/c1-14-9-6-4-2-3-5-7-10-15-11-8-12-16(13-14)17-15/h3,5,11,13,16H,2,4,6-10,12H2,1H3. The summed E-state index contributed by atoms with van der Waals surface area (Å²) in [6.07, 6.45) is 19.2. The van der Waals surface area contributed by atoms with E-state index in [-0.39, 0.29) is 0 Å². The molecule has 0 fully saturated rings. The van der Waals surface area contributed by atoms with Crippen LogP contribution in [0.3, 0.4) is 0 Å². The molecule has 0 aliphatic carbocycles. The Morgan fingerprint density at radius 3 is 2.88 bits per heavy atom. The summed E-state index contributed by atoms with van der Waals surface area (Å²) in [5, 5.41) is 0.